The maximum absolute atomic E-state index is 5.30. The molecular formula is C9H10N4O2S2. The summed E-state index contributed by atoms with van der Waals surface area (Å²) in [6.07, 6.45) is 0. The molecule has 3 heterocycles. The molecule has 0 radical (unpaired) electrons. The predicted molar refractivity (Wildman–Crippen MR) is 65.8 cm³/mol. The number of nitrogens with zero attached hydrogens (tertiary/aromatic N) is 3. The van der Waals surface area contributed by atoms with Gasteiger partial charge in [0, 0.05) is 18.5 Å². The average molecular weight is 270 g/mol. The van der Waals surface area contributed by atoms with Crippen molar-refractivity contribution < 1.29 is 9.15 Å². The molecule has 2 aromatic rings. The number of rotatable bonds is 2. The zero-order chi connectivity index (χ0) is 11.7. The lowest BCUT2D eigenvalue weighted by Crippen LogP contribution is -2.36. The number of ether oxygens (including phenoxy) is 1. The minimum atomic E-state index is 0.265. The fourth-order valence-electron chi connectivity index (χ4n) is 1.60. The maximum Gasteiger partial charge on any atom is 0.284 e. The van der Waals surface area contributed by atoms with Gasteiger partial charge in [-0.2, -0.15) is 0 Å². The zero-order valence-electron chi connectivity index (χ0n) is 8.88. The van der Waals surface area contributed by atoms with E-state index in [0.717, 1.165) is 31.4 Å². The highest BCUT2D eigenvalue weighted by Crippen LogP contribution is 2.26. The highest BCUT2D eigenvalue weighted by molar-refractivity contribution is 7.71. The Kier molecular flexibility index (Phi) is 2.91. The molecule has 0 atom stereocenters. The van der Waals surface area contributed by atoms with Crippen molar-refractivity contribution in [2.45, 2.75) is 0 Å². The van der Waals surface area contributed by atoms with Gasteiger partial charge in [-0.3, -0.25) is 0 Å². The van der Waals surface area contributed by atoms with Crippen molar-refractivity contribution in [1.29, 1.82) is 0 Å². The Balaban J connectivity index is 1.84. The number of aromatic nitrogens is 3. The van der Waals surface area contributed by atoms with Gasteiger partial charge in [0.05, 0.1) is 13.2 Å². The van der Waals surface area contributed by atoms with Gasteiger partial charge in [0.1, 0.15) is 5.69 Å². The van der Waals surface area contributed by atoms with Gasteiger partial charge in [-0.1, -0.05) is 0 Å². The first-order chi connectivity index (χ1) is 8.33. The maximum atomic E-state index is 5.30. The monoisotopic (exact) mass is 270 g/mol. The number of morpholine rings is 1. The van der Waals surface area contributed by atoms with E-state index < -0.39 is 0 Å². The molecule has 3 rings (SSSR count). The number of aromatic amines is 1. The van der Waals surface area contributed by atoms with Gasteiger partial charge in [0.25, 0.3) is 10.7 Å². The van der Waals surface area contributed by atoms with Gasteiger partial charge in [-0.15, -0.1) is 16.4 Å². The lowest BCUT2D eigenvalue weighted by molar-refractivity contribution is 0.122. The van der Waals surface area contributed by atoms with Crippen LogP contribution in [-0.2, 0) is 4.74 Å². The minimum absolute atomic E-state index is 0.265. The van der Waals surface area contributed by atoms with Crippen LogP contribution in [0.5, 0.6) is 0 Å². The quantitative estimate of drug-likeness (QED) is 0.838. The smallest absolute Gasteiger partial charge is 0.284 e. The van der Waals surface area contributed by atoms with E-state index in [1.807, 2.05) is 5.38 Å². The summed E-state index contributed by atoms with van der Waals surface area (Å²) in [6.45, 7) is 3.24. The van der Waals surface area contributed by atoms with Crippen molar-refractivity contribution in [1.82, 2.24) is 15.2 Å². The Morgan fingerprint density at radius 1 is 1.41 bits per heavy atom. The minimum Gasteiger partial charge on any atom is -0.408 e. The third kappa shape index (κ3) is 2.24. The SMILES string of the molecule is S=c1[nH]nc(-c2csc(N3CCOCC3)n2)o1. The molecule has 1 N–H and O–H groups in total. The summed E-state index contributed by atoms with van der Waals surface area (Å²) in [5, 5.41) is 9.42. The van der Waals surface area contributed by atoms with Gasteiger partial charge < -0.3 is 14.1 Å². The van der Waals surface area contributed by atoms with Crippen LogP contribution in [0.15, 0.2) is 9.80 Å². The topological polar surface area (TPSA) is 67.2 Å². The van der Waals surface area contributed by atoms with Crippen LogP contribution in [0.25, 0.3) is 11.6 Å². The summed E-state index contributed by atoms with van der Waals surface area (Å²) in [5.74, 6) is 0.436. The number of H-pyrrole nitrogens is 1. The van der Waals surface area contributed by atoms with E-state index in [0.29, 0.717) is 11.6 Å². The number of thiazole rings is 1. The molecule has 0 aliphatic carbocycles. The zero-order valence-corrected chi connectivity index (χ0v) is 10.5. The molecule has 0 bridgehead atoms. The molecule has 90 valence electrons. The fraction of sp³-hybridized carbons (Fsp3) is 0.444. The van der Waals surface area contributed by atoms with Crippen LogP contribution >= 0.6 is 23.6 Å². The third-order valence-electron chi connectivity index (χ3n) is 2.43. The molecule has 1 fully saturated rings. The number of nitrogens with one attached hydrogen (secondary N) is 1. The second-order valence-electron chi connectivity index (χ2n) is 3.53. The average Bonchev–Trinajstić information content (AvgIpc) is 2.98. The molecule has 1 aliphatic rings. The summed E-state index contributed by atoms with van der Waals surface area (Å²) in [4.78, 5) is 6.94. The summed E-state index contributed by atoms with van der Waals surface area (Å²) < 4.78 is 10.5. The van der Waals surface area contributed by atoms with Crippen LogP contribution in [0, 0.1) is 4.84 Å². The van der Waals surface area contributed by atoms with Crippen molar-refractivity contribution in [2.75, 3.05) is 31.2 Å². The number of anilines is 1. The summed E-state index contributed by atoms with van der Waals surface area (Å²) in [5.41, 5.74) is 0.712. The molecular weight excluding hydrogens is 260 g/mol. The van der Waals surface area contributed by atoms with Gasteiger partial charge in [-0.05, 0) is 12.2 Å². The van der Waals surface area contributed by atoms with Crippen LogP contribution in [0.2, 0.25) is 0 Å². The second-order valence-corrected chi connectivity index (χ2v) is 4.74. The standard InChI is InChI=1S/C9H10N4O2S2/c16-9-12-11-7(15-9)6-5-17-8(10-6)13-1-3-14-4-2-13/h5H,1-4H2,(H,12,16). The Morgan fingerprint density at radius 2 is 2.24 bits per heavy atom. The first-order valence-corrected chi connectivity index (χ1v) is 6.46. The lowest BCUT2D eigenvalue weighted by atomic mass is 10.4. The first-order valence-electron chi connectivity index (χ1n) is 5.17. The van der Waals surface area contributed by atoms with Gasteiger partial charge in [-0.25, -0.2) is 10.1 Å². The van der Waals surface area contributed by atoms with Crippen LogP contribution < -0.4 is 4.90 Å². The van der Waals surface area contributed by atoms with E-state index in [1.54, 1.807) is 11.3 Å². The summed E-state index contributed by atoms with van der Waals surface area (Å²) >= 11 is 6.40. The fourth-order valence-corrected chi connectivity index (χ4v) is 2.58. The van der Waals surface area contributed by atoms with E-state index in [2.05, 4.69) is 20.1 Å². The molecule has 0 amide bonds. The van der Waals surface area contributed by atoms with Crippen LogP contribution in [0.3, 0.4) is 0 Å². The highest BCUT2D eigenvalue weighted by Gasteiger charge is 2.16. The van der Waals surface area contributed by atoms with Gasteiger partial charge >= 0.3 is 0 Å². The summed E-state index contributed by atoms with van der Waals surface area (Å²) in [7, 11) is 0. The highest BCUT2D eigenvalue weighted by atomic mass is 32.1. The molecule has 0 saturated carbocycles. The normalized spacial score (nSPS) is 16.4. The van der Waals surface area contributed by atoms with Crippen molar-refractivity contribution in [3.63, 3.8) is 0 Å². The molecule has 0 aromatic carbocycles. The third-order valence-corrected chi connectivity index (χ3v) is 3.51. The number of hydrogen-bond donors (Lipinski definition) is 1. The van der Waals surface area contributed by atoms with Crippen LogP contribution in [0.4, 0.5) is 5.13 Å². The van der Waals surface area contributed by atoms with Crippen molar-refractivity contribution in [3.05, 3.63) is 10.2 Å². The van der Waals surface area contributed by atoms with E-state index in [1.165, 1.54) is 0 Å². The molecule has 2 aromatic heterocycles. The number of hydrogen-bond acceptors (Lipinski definition) is 7. The van der Waals surface area contributed by atoms with Crippen molar-refractivity contribution in [3.8, 4) is 11.6 Å². The Hall–Kier alpha value is -1.25. The van der Waals surface area contributed by atoms with Crippen molar-refractivity contribution >= 4 is 28.7 Å². The van der Waals surface area contributed by atoms with Crippen LogP contribution in [-0.4, -0.2) is 41.5 Å². The molecule has 1 aliphatic heterocycles. The molecule has 0 unspecified atom stereocenters. The lowest BCUT2D eigenvalue weighted by Gasteiger charge is -2.25. The van der Waals surface area contributed by atoms with Crippen molar-refractivity contribution in [2.24, 2.45) is 0 Å². The van der Waals surface area contributed by atoms with Gasteiger partial charge in [0.2, 0.25) is 0 Å². The Morgan fingerprint density at radius 3 is 2.94 bits per heavy atom. The second kappa shape index (κ2) is 4.55. The molecule has 17 heavy (non-hydrogen) atoms. The molecule has 8 heteroatoms. The van der Waals surface area contributed by atoms with Gasteiger partial charge in [0.15, 0.2) is 5.13 Å². The van der Waals surface area contributed by atoms with E-state index in [-0.39, 0.29) is 4.84 Å². The van der Waals surface area contributed by atoms with E-state index >= 15 is 0 Å². The van der Waals surface area contributed by atoms with E-state index in [9.17, 15) is 0 Å². The van der Waals surface area contributed by atoms with Crippen LogP contribution in [0.1, 0.15) is 0 Å². The predicted octanol–water partition coefficient (Wildman–Crippen LogP) is 1.69. The first kappa shape index (κ1) is 10.9. The Bertz CT molecular complexity index is 555. The van der Waals surface area contributed by atoms with E-state index in [4.69, 9.17) is 21.4 Å². The Labute approximate surface area is 106 Å². The summed E-state index contributed by atoms with van der Waals surface area (Å²) in [6, 6.07) is 0. The largest absolute Gasteiger partial charge is 0.408 e. The molecule has 1 saturated heterocycles. The molecule has 0 spiro atoms. The molecule has 6 nitrogen and oxygen atoms in total.